The maximum Gasteiger partial charge on any atom is 0.281 e. The molecule has 0 spiro atoms. The zero-order chi connectivity index (χ0) is 25.8. The average molecular weight is 502 g/mol. The van der Waals surface area contributed by atoms with E-state index in [1.807, 2.05) is 63.2 Å². The zero-order valence-corrected chi connectivity index (χ0v) is 21.4. The van der Waals surface area contributed by atoms with Crippen LogP contribution in [0.2, 0.25) is 0 Å². The summed E-state index contributed by atoms with van der Waals surface area (Å²) in [6.45, 7) is 5.82. The molecule has 0 aliphatic carbocycles. The first-order chi connectivity index (χ1) is 17.2. The highest BCUT2D eigenvalue weighted by atomic mass is 32.1. The molecule has 0 radical (unpaired) electrons. The molecule has 2 N–H and O–H groups in total. The van der Waals surface area contributed by atoms with Crippen LogP contribution in [0.15, 0.2) is 66.4 Å². The van der Waals surface area contributed by atoms with Crippen LogP contribution in [0.3, 0.4) is 0 Å². The highest BCUT2D eigenvalue weighted by Crippen LogP contribution is 2.30. The Kier molecular flexibility index (Phi) is 7.36. The van der Waals surface area contributed by atoms with Gasteiger partial charge in [-0.05, 0) is 92.2 Å². The van der Waals surface area contributed by atoms with Crippen LogP contribution < -0.4 is 25.0 Å². The van der Waals surface area contributed by atoms with Crippen molar-refractivity contribution in [3.8, 4) is 11.5 Å². The van der Waals surface area contributed by atoms with E-state index in [0.29, 0.717) is 39.2 Å². The van der Waals surface area contributed by atoms with Gasteiger partial charge in [0, 0.05) is 5.69 Å². The van der Waals surface area contributed by atoms with Gasteiger partial charge in [0.05, 0.1) is 12.8 Å². The summed E-state index contributed by atoms with van der Waals surface area (Å²) < 4.78 is 11.1. The van der Waals surface area contributed by atoms with E-state index in [9.17, 15) is 9.59 Å². The smallest absolute Gasteiger partial charge is 0.281 e. The number of benzene rings is 3. The lowest BCUT2D eigenvalue weighted by atomic mass is 10.1. The molecule has 0 unspecified atom stereocenters. The molecule has 7 nitrogen and oxygen atoms in total. The van der Waals surface area contributed by atoms with Crippen molar-refractivity contribution in [3.63, 3.8) is 0 Å². The SMILES string of the molecule is COc1cc(C=C2NC(=S)N(c3ccc(C)c(C)c3)C2=O)ccc1OCC(=O)Nc1ccc(C)cc1. The Hall–Kier alpha value is -4.17. The summed E-state index contributed by atoms with van der Waals surface area (Å²) in [6, 6.07) is 18.5. The molecule has 4 rings (SSSR count). The van der Waals surface area contributed by atoms with Crippen molar-refractivity contribution in [2.75, 3.05) is 23.9 Å². The fourth-order valence-corrected chi connectivity index (χ4v) is 3.97. The number of hydrogen-bond donors (Lipinski definition) is 2. The molecule has 0 saturated carbocycles. The largest absolute Gasteiger partial charge is 0.493 e. The predicted molar refractivity (Wildman–Crippen MR) is 145 cm³/mol. The summed E-state index contributed by atoms with van der Waals surface area (Å²) >= 11 is 5.42. The molecule has 2 amide bonds. The van der Waals surface area contributed by atoms with Crippen LogP contribution in [-0.2, 0) is 9.59 Å². The fourth-order valence-electron chi connectivity index (χ4n) is 3.67. The normalized spacial score (nSPS) is 14.1. The zero-order valence-electron chi connectivity index (χ0n) is 20.5. The molecule has 1 aliphatic heterocycles. The number of nitrogens with zero attached hydrogens (tertiary/aromatic N) is 1. The standard InChI is InChI=1S/C28H27N3O4S/c1-17-5-9-21(10-6-17)29-26(32)16-35-24-12-8-20(15-25(24)34-4)14-23-27(33)31(28(36)30-23)22-11-7-18(2)19(3)13-22/h5-15H,16H2,1-4H3,(H,29,32)(H,30,36). The van der Waals surface area contributed by atoms with E-state index in [0.717, 1.165) is 16.7 Å². The van der Waals surface area contributed by atoms with Gasteiger partial charge in [-0.1, -0.05) is 29.8 Å². The molecule has 1 fully saturated rings. The van der Waals surface area contributed by atoms with Crippen molar-refractivity contribution in [3.05, 3.63) is 88.6 Å². The minimum Gasteiger partial charge on any atom is -0.493 e. The number of carbonyl (C=O) groups is 2. The van der Waals surface area contributed by atoms with Crippen molar-refractivity contribution in [1.82, 2.24) is 5.32 Å². The van der Waals surface area contributed by atoms with Crippen LogP contribution >= 0.6 is 12.2 Å². The van der Waals surface area contributed by atoms with Crippen LogP contribution in [0.5, 0.6) is 11.5 Å². The molecular formula is C28H27N3O4S. The molecule has 8 heteroatoms. The third-order valence-electron chi connectivity index (χ3n) is 5.82. The first-order valence-electron chi connectivity index (χ1n) is 11.4. The van der Waals surface area contributed by atoms with E-state index in [1.54, 1.807) is 24.3 Å². The Morgan fingerprint density at radius 3 is 2.44 bits per heavy atom. The second-order valence-corrected chi connectivity index (χ2v) is 8.90. The number of amides is 2. The maximum absolute atomic E-state index is 13.1. The summed E-state index contributed by atoms with van der Waals surface area (Å²) in [5.74, 6) is 0.325. The highest BCUT2D eigenvalue weighted by Gasteiger charge is 2.32. The third kappa shape index (κ3) is 5.55. The molecule has 0 aromatic heterocycles. The number of methoxy groups -OCH3 is 1. The Morgan fingerprint density at radius 2 is 1.75 bits per heavy atom. The number of anilines is 2. The monoisotopic (exact) mass is 501 g/mol. The van der Waals surface area contributed by atoms with Gasteiger partial charge in [0.2, 0.25) is 0 Å². The second kappa shape index (κ2) is 10.6. The van der Waals surface area contributed by atoms with Crippen molar-refractivity contribution >= 4 is 46.6 Å². The van der Waals surface area contributed by atoms with E-state index >= 15 is 0 Å². The number of rotatable bonds is 7. The van der Waals surface area contributed by atoms with Crippen LogP contribution in [0.4, 0.5) is 11.4 Å². The van der Waals surface area contributed by atoms with E-state index in [1.165, 1.54) is 12.0 Å². The predicted octanol–water partition coefficient (Wildman–Crippen LogP) is 4.90. The number of aryl methyl sites for hydroxylation is 3. The summed E-state index contributed by atoms with van der Waals surface area (Å²) in [5, 5.41) is 6.11. The molecular weight excluding hydrogens is 474 g/mol. The number of thiocarbonyl (C=S) groups is 1. The molecule has 36 heavy (non-hydrogen) atoms. The van der Waals surface area contributed by atoms with Crippen molar-refractivity contribution in [2.24, 2.45) is 0 Å². The van der Waals surface area contributed by atoms with Gasteiger partial charge in [0.1, 0.15) is 5.70 Å². The van der Waals surface area contributed by atoms with E-state index in [4.69, 9.17) is 21.7 Å². The van der Waals surface area contributed by atoms with Gasteiger partial charge >= 0.3 is 0 Å². The minimum atomic E-state index is -0.284. The first-order valence-corrected chi connectivity index (χ1v) is 11.8. The van der Waals surface area contributed by atoms with Gasteiger partial charge in [-0.3, -0.25) is 14.5 Å². The Balaban J connectivity index is 1.45. The van der Waals surface area contributed by atoms with Gasteiger partial charge in [-0.2, -0.15) is 0 Å². The highest BCUT2D eigenvalue weighted by molar-refractivity contribution is 7.80. The lowest BCUT2D eigenvalue weighted by molar-refractivity contribution is -0.118. The minimum absolute atomic E-state index is 0.177. The number of carbonyl (C=O) groups excluding carboxylic acids is 2. The molecule has 0 atom stereocenters. The molecule has 1 heterocycles. The molecule has 1 aliphatic rings. The Labute approximate surface area is 215 Å². The van der Waals surface area contributed by atoms with Gasteiger partial charge in [0.15, 0.2) is 23.2 Å². The third-order valence-corrected chi connectivity index (χ3v) is 6.10. The van der Waals surface area contributed by atoms with Crippen molar-refractivity contribution in [2.45, 2.75) is 20.8 Å². The maximum atomic E-state index is 13.1. The molecule has 3 aromatic rings. The molecule has 1 saturated heterocycles. The van der Waals surface area contributed by atoms with E-state index in [-0.39, 0.29) is 18.4 Å². The van der Waals surface area contributed by atoms with Gasteiger partial charge in [-0.25, -0.2) is 0 Å². The first kappa shape index (κ1) is 24.9. The lowest BCUT2D eigenvalue weighted by Gasteiger charge is -2.15. The Bertz CT molecular complexity index is 1370. The number of nitrogens with one attached hydrogen (secondary N) is 2. The van der Waals surface area contributed by atoms with Gasteiger partial charge < -0.3 is 20.1 Å². The van der Waals surface area contributed by atoms with Crippen molar-refractivity contribution < 1.29 is 19.1 Å². The summed E-state index contributed by atoms with van der Waals surface area (Å²) in [7, 11) is 1.51. The molecule has 3 aromatic carbocycles. The van der Waals surface area contributed by atoms with E-state index < -0.39 is 0 Å². The van der Waals surface area contributed by atoms with Crippen LogP contribution in [0.1, 0.15) is 22.3 Å². The number of hydrogen-bond acceptors (Lipinski definition) is 5. The van der Waals surface area contributed by atoms with Gasteiger partial charge in [-0.15, -0.1) is 0 Å². The van der Waals surface area contributed by atoms with Crippen LogP contribution in [0.25, 0.3) is 6.08 Å². The molecule has 0 bridgehead atoms. The lowest BCUT2D eigenvalue weighted by Crippen LogP contribution is -2.30. The molecule has 184 valence electrons. The quantitative estimate of drug-likeness (QED) is 0.354. The number of ether oxygens (including phenoxy) is 2. The van der Waals surface area contributed by atoms with E-state index in [2.05, 4.69) is 10.6 Å². The van der Waals surface area contributed by atoms with Gasteiger partial charge in [0.25, 0.3) is 11.8 Å². The van der Waals surface area contributed by atoms with Crippen LogP contribution in [0, 0.1) is 20.8 Å². The topological polar surface area (TPSA) is 79.9 Å². The second-order valence-electron chi connectivity index (χ2n) is 8.51. The Morgan fingerprint density at radius 1 is 1.00 bits per heavy atom. The summed E-state index contributed by atoms with van der Waals surface area (Å²) in [4.78, 5) is 26.8. The summed E-state index contributed by atoms with van der Waals surface area (Å²) in [5.41, 5.74) is 5.81. The van der Waals surface area contributed by atoms with Crippen LogP contribution in [-0.4, -0.2) is 30.6 Å². The summed E-state index contributed by atoms with van der Waals surface area (Å²) in [6.07, 6.45) is 1.70. The average Bonchev–Trinajstić information content (AvgIpc) is 3.13. The fraction of sp³-hybridized carbons (Fsp3) is 0.179. The van der Waals surface area contributed by atoms with Crippen molar-refractivity contribution in [1.29, 1.82) is 0 Å².